The van der Waals surface area contributed by atoms with Gasteiger partial charge in [-0.1, -0.05) is 12.1 Å². The molecule has 3 aromatic rings. The molecule has 130 valence electrons. The zero-order valence-electron chi connectivity index (χ0n) is 13.3. The first-order chi connectivity index (χ1) is 12.5. The zero-order chi connectivity index (χ0) is 18.7. The van der Waals surface area contributed by atoms with E-state index in [1.165, 1.54) is 0 Å². The molecular formula is C18H12F2N4O2. The van der Waals surface area contributed by atoms with Gasteiger partial charge >= 0.3 is 0 Å². The molecule has 26 heavy (non-hydrogen) atoms. The van der Waals surface area contributed by atoms with Crippen LogP contribution in [0.25, 0.3) is 11.3 Å². The summed E-state index contributed by atoms with van der Waals surface area (Å²) < 4.78 is 26.6. The van der Waals surface area contributed by atoms with Crippen LogP contribution in [-0.2, 0) is 6.54 Å². The Kier molecular flexibility index (Phi) is 4.62. The minimum atomic E-state index is -1.21. The summed E-state index contributed by atoms with van der Waals surface area (Å²) in [5.41, 5.74) is 1.67. The molecule has 0 spiro atoms. The van der Waals surface area contributed by atoms with Crippen LogP contribution in [0, 0.1) is 23.0 Å². The van der Waals surface area contributed by atoms with Crippen molar-refractivity contribution in [3.8, 4) is 23.1 Å². The molecule has 0 atom stereocenters. The van der Waals surface area contributed by atoms with Gasteiger partial charge in [0.05, 0.1) is 30.1 Å². The number of hydrogen-bond acceptors (Lipinski definition) is 4. The van der Waals surface area contributed by atoms with Gasteiger partial charge in [-0.2, -0.15) is 5.26 Å². The molecule has 3 N–H and O–H groups in total. The quantitative estimate of drug-likeness (QED) is 0.670. The van der Waals surface area contributed by atoms with Crippen LogP contribution in [0.1, 0.15) is 21.7 Å². The van der Waals surface area contributed by atoms with Crippen LogP contribution in [0.3, 0.4) is 0 Å². The molecule has 2 aromatic carbocycles. The molecule has 0 bridgehead atoms. The highest BCUT2D eigenvalue weighted by atomic mass is 19.1. The molecule has 0 aliphatic rings. The van der Waals surface area contributed by atoms with Crippen molar-refractivity contribution in [2.24, 2.45) is 0 Å². The molecule has 6 nitrogen and oxygen atoms in total. The normalized spacial score (nSPS) is 10.3. The fourth-order valence-corrected chi connectivity index (χ4v) is 2.32. The maximum atomic E-state index is 13.3. The minimum Gasteiger partial charge on any atom is -0.503 e. The van der Waals surface area contributed by atoms with Gasteiger partial charge in [-0.3, -0.25) is 4.79 Å². The van der Waals surface area contributed by atoms with Gasteiger partial charge in [0.1, 0.15) is 5.82 Å². The number of nitrogens with one attached hydrogen (secondary N) is 2. The number of aromatic nitrogens is 2. The van der Waals surface area contributed by atoms with Gasteiger partial charge < -0.3 is 15.4 Å². The van der Waals surface area contributed by atoms with Crippen LogP contribution in [0.2, 0.25) is 0 Å². The summed E-state index contributed by atoms with van der Waals surface area (Å²) in [5, 5.41) is 20.5. The van der Waals surface area contributed by atoms with E-state index in [-0.39, 0.29) is 12.1 Å². The second kappa shape index (κ2) is 7.03. The van der Waals surface area contributed by atoms with E-state index in [0.717, 1.165) is 17.7 Å². The zero-order valence-corrected chi connectivity index (χ0v) is 13.3. The van der Waals surface area contributed by atoms with Gasteiger partial charge in [0, 0.05) is 11.1 Å². The Morgan fingerprint density at radius 2 is 2.00 bits per heavy atom. The van der Waals surface area contributed by atoms with Crippen molar-refractivity contribution < 1.29 is 18.7 Å². The number of aromatic hydroxyl groups is 1. The Hall–Kier alpha value is -3.73. The molecule has 0 unspecified atom stereocenters. The van der Waals surface area contributed by atoms with Gasteiger partial charge in [-0.25, -0.2) is 13.8 Å². The number of nitrogens with zero attached hydrogens (tertiary/aromatic N) is 2. The van der Waals surface area contributed by atoms with Crippen LogP contribution < -0.4 is 5.32 Å². The number of benzene rings is 2. The van der Waals surface area contributed by atoms with E-state index in [1.807, 2.05) is 6.07 Å². The van der Waals surface area contributed by atoms with Gasteiger partial charge in [0.2, 0.25) is 0 Å². The number of halogens is 2. The number of carbonyl (C=O) groups is 1. The number of phenolic OH excluding ortho intramolecular Hbond substituents is 1. The Morgan fingerprint density at radius 1 is 1.27 bits per heavy atom. The van der Waals surface area contributed by atoms with Crippen molar-refractivity contribution in [1.29, 1.82) is 5.26 Å². The fourth-order valence-electron chi connectivity index (χ4n) is 2.32. The molecule has 0 aliphatic heterocycles. The van der Waals surface area contributed by atoms with E-state index in [2.05, 4.69) is 15.3 Å². The van der Waals surface area contributed by atoms with E-state index >= 15 is 0 Å². The first kappa shape index (κ1) is 17.1. The number of H-pyrrole nitrogens is 1. The summed E-state index contributed by atoms with van der Waals surface area (Å²) in [6, 6.07) is 10.4. The van der Waals surface area contributed by atoms with Gasteiger partial charge in [0.15, 0.2) is 17.4 Å². The van der Waals surface area contributed by atoms with E-state index in [0.29, 0.717) is 17.1 Å². The highest BCUT2D eigenvalue weighted by Crippen LogP contribution is 2.21. The lowest BCUT2D eigenvalue weighted by Gasteiger charge is -2.05. The van der Waals surface area contributed by atoms with Gasteiger partial charge in [-0.15, -0.1) is 0 Å². The number of hydrogen-bond donors (Lipinski definition) is 3. The molecule has 8 heteroatoms. The molecule has 3 rings (SSSR count). The first-order valence-corrected chi connectivity index (χ1v) is 7.48. The van der Waals surface area contributed by atoms with Crippen molar-refractivity contribution >= 4 is 5.91 Å². The summed E-state index contributed by atoms with van der Waals surface area (Å²) in [6.45, 7) is 0.000882. The molecular weight excluding hydrogens is 342 g/mol. The monoisotopic (exact) mass is 354 g/mol. The second-order valence-electron chi connectivity index (χ2n) is 5.41. The standard InChI is InChI=1S/C18H12F2N4O2/c19-13-5-12(6-14(20)17(13)25)18(26)23-9-16-22-8-15(24-16)11-3-1-2-10(4-11)7-21/h1-6,8,25H,9H2,(H,22,24)(H,23,26). The largest absolute Gasteiger partial charge is 0.503 e. The van der Waals surface area contributed by atoms with Gasteiger partial charge in [-0.05, 0) is 24.3 Å². The van der Waals surface area contributed by atoms with E-state index < -0.39 is 23.3 Å². The average Bonchev–Trinajstić information content (AvgIpc) is 3.13. The summed E-state index contributed by atoms with van der Waals surface area (Å²) in [5.74, 6) is -3.85. The van der Waals surface area contributed by atoms with Crippen LogP contribution in [0.15, 0.2) is 42.6 Å². The topological polar surface area (TPSA) is 102 Å². The van der Waals surface area contributed by atoms with Crippen molar-refractivity contribution in [1.82, 2.24) is 15.3 Å². The molecule has 0 saturated carbocycles. The van der Waals surface area contributed by atoms with Crippen LogP contribution in [-0.4, -0.2) is 21.0 Å². The maximum absolute atomic E-state index is 13.3. The van der Waals surface area contributed by atoms with E-state index in [4.69, 9.17) is 10.4 Å². The van der Waals surface area contributed by atoms with Crippen LogP contribution in [0.5, 0.6) is 5.75 Å². The molecule has 0 aliphatic carbocycles. The third-order valence-corrected chi connectivity index (χ3v) is 3.63. The molecule has 0 radical (unpaired) electrons. The third kappa shape index (κ3) is 3.52. The summed E-state index contributed by atoms with van der Waals surface area (Å²) in [6.07, 6.45) is 1.55. The molecule has 0 fully saturated rings. The predicted molar refractivity (Wildman–Crippen MR) is 87.9 cm³/mol. The summed E-state index contributed by atoms with van der Waals surface area (Å²) >= 11 is 0. The number of nitriles is 1. The molecule has 1 heterocycles. The predicted octanol–water partition coefficient (Wildman–Crippen LogP) is 2.86. The minimum absolute atomic E-state index is 0.000882. The van der Waals surface area contributed by atoms with Crippen molar-refractivity contribution in [3.05, 3.63) is 71.2 Å². The molecule has 1 amide bonds. The maximum Gasteiger partial charge on any atom is 0.251 e. The number of amides is 1. The number of imidazole rings is 1. The average molecular weight is 354 g/mol. The summed E-state index contributed by atoms with van der Waals surface area (Å²) in [4.78, 5) is 19.1. The Labute approximate surface area is 146 Å². The lowest BCUT2D eigenvalue weighted by atomic mass is 10.1. The highest BCUT2D eigenvalue weighted by Gasteiger charge is 2.14. The summed E-state index contributed by atoms with van der Waals surface area (Å²) in [7, 11) is 0. The van der Waals surface area contributed by atoms with Crippen LogP contribution in [0.4, 0.5) is 8.78 Å². The SMILES string of the molecule is N#Cc1cccc(-c2cnc(CNC(=O)c3cc(F)c(O)c(F)c3)[nH]2)c1. The highest BCUT2D eigenvalue weighted by molar-refractivity contribution is 5.94. The number of aromatic amines is 1. The number of rotatable bonds is 4. The molecule has 0 saturated heterocycles. The molecule has 1 aromatic heterocycles. The van der Waals surface area contributed by atoms with Gasteiger partial charge in [0.25, 0.3) is 5.91 Å². The van der Waals surface area contributed by atoms with Crippen molar-refractivity contribution in [2.45, 2.75) is 6.54 Å². The van der Waals surface area contributed by atoms with E-state index in [9.17, 15) is 13.6 Å². The lowest BCUT2D eigenvalue weighted by Crippen LogP contribution is -2.23. The Morgan fingerprint density at radius 3 is 2.69 bits per heavy atom. The van der Waals surface area contributed by atoms with Crippen LogP contribution >= 0.6 is 0 Å². The second-order valence-corrected chi connectivity index (χ2v) is 5.41. The van der Waals surface area contributed by atoms with Crippen molar-refractivity contribution in [3.63, 3.8) is 0 Å². The Balaban J connectivity index is 1.70. The smallest absolute Gasteiger partial charge is 0.251 e. The third-order valence-electron chi connectivity index (χ3n) is 3.63. The first-order valence-electron chi connectivity index (χ1n) is 7.48. The number of phenols is 1. The fraction of sp³-hybridized carbons (Fsp3) is 0.0556. The Bertz CT molecular complexity index is 1000. The number of carbonyl (C=O) groups excluding carboxylic acids is 1. The van der Waals surface area contributed by atoms with E-state index in [1.54, 1.807) is 30.5 Å². The lowest BCUT2D eigenvalue weighted by molar-refractivity contribution is 0.0949. The van der Waals surface area contributed by atoms with Crippen molar-refractivity contribution in [2.75, 3.05) is 0 Å².